The van der Waals surface area contributed by atoms with Gasteiger partial charge in [0.1, 0.15) is 29.4 Å². The number of alkyl halides is 6. The number of methoxy groups -OCH3 is 2. The largest absolute Gasteiger partial charge is 0.493 e. The van der Waals surface area contributed by atoms with E-state index in [1.54, 1.807) is 0 Å². The molecule has 0 unspecified atom stereocenters. The Morgan fingerprint density at radius 1 is 0.636 bits per heavy atom. The smallest absolute Gasteiger partial charge is 0.417 e. The van der Waals surface area contributed by atoms with Gasteiger partial charge in [-0.15, -0.1) is 0 Å². The first kappa shape index (κ1) is 50.4. The molecule has 2 saturated heterocycles. The summed E-state index contributed by atoms with van der Waals surface area (Å²) >= 11 is 0. The molecule has 0 aliphatic carbocycles. The number of nitrogens with two attached hydrogens (primary N) is 2. The standard InChI is InChI=1S/C21H20F5N3O4.C20H19F5N4O4/c1-9-14(10-7-8-11(22)15(23)16(10)32-3)17(33-20(9,2)21(24,25)26)19(31)29-13-6-4-5-12(28-13)18(27)30;1-8-13(9-4-5-10(21)14(22)15(9)32-3)16(33-19(8,2)20(23,24)25)18(31)29-12-7-27-6-11(28-12)17(26)30/h4-9,14,17H,1-3H3,(H2,27,30)(H,28,29,31);4-8,13,16H,1-3H3,(H2,26,30)(H,28,29,31)/t9-,14-,17+,20+;8-,13-,16+,19+/m00/s1. The Hall–Kier alpha value is -6.63. The molecule has 0 saturated carbocycles. The molecule has 0 spiro atoms. The van der Waals surface area contributed by atoms with E-state index in [0.717, 1.165) is 64.7 Å². The molecule has 0 bridgehead atoms. The maximum Gasteiger partial charge on any atom is 0.417 e. The van der Waals surface area contributed by atoms with Crippen LogP contribution in [0.2, 0.25) is 0 Å². The number of pyridine rings is 1. The first-order valence-corrected chi connectivity index (χ1v) is 19.2. The number of carbonyl (C=O) groups excluding carboxylic acids is 4. The van der Waals surface area contributed by atoms with Gasteiger partial charge in [-0.25, -0.2) is 18.7 Å². The van der Waals surface area contributed by atoms with Crippen LogP contribution in [0.5, 0.6) is 11.5 Å². The van der Waals surface area contributed by atoms with E-state index in [-0.39, 0.29) is 34.2 Å². The summed E-state index contributed by atoms with van der Waals surface area (Å²) in [5, 5.41) is 4.52. The third-order valence-corrected chi connectivity index (χ3v) is 11.5. The Morgan fingerprint density at radius 3 is 1.44 bits per heavy atom. The van der Waals surface area contributed by atoms with Crippen molar-refractivity contribution in [3.8, 4) is 11.5 Å². The van der Waals surface area contributed by atoms with E-state index in [1.165, 1.54) is 32.0 Å². The predicted octanol–water partition coefficient (Wildman–Crippen LogP) is 6.49. The molecule has 6 rings (SSSR count). The third-order valence-electron chi connectivity index (χ3n) is 11.5. The number of hydrogen-bond donors (Lipinski definition) is 4. The number of hydrogen-bond acceptors (Lipinski definition) is 11. The lowest BCUT2D eigenvalue weighted by molar-refractivity contribution is -0.272. The summed E-state index contributed by atoms with van der Waals surface area (Å²) in [5.41, 5.74) is 3.81. The zero-order chi connectivity index (χ0) is 49.4. The van der Waals surface area contributed by atoms with Gasteiger partial charge in [0.15, 0.2) is 40.2 Å². The lowest BCUT2D eigenvalue weighted by Gasteiger charge is -2.32. The Bertz CT molecular complexity index is 2360. The summed E-state index contributed by atoms with van der Waals surface area (Å²) < 4.78 is 160. The van der Waals surface area contributed by atoms with E-state index in [1.807, 2.05) is 0 Å². The zero-order valence-corrected chi connectivity index (χ0v) is 35.2. The number of primary amides is 2. The monoisotopic (exact) mass is 947 g/mol. The van der Waals surface area contributed by atoms with Crippen molar-refractivity contribution < 1.29 is 82.0 Å². The summed E-state index contributed by atoms with van der Waals surface area (Å²) in [7, 11) is 2.05. The lowest BCUT2D eigenvalue weighted by atomic mass is 9.77. The van der Waals surface area contributed by atoms with E-state index in [2.05, 4.69) is 25.6 Å². The molecule has 2 fully saturated rings. The van der Waals surface area contributed by atoms with Crippen molar-refractivity contribution in [3.05, 3.63) is 101 Å². The fourth-order valence-electron chi connectivity index (χ4n) is 7.66. The average molecular weight is 948 g/mol. The summed E-state index contributed by atoms with van der Waals surface area (Å²) in [6.45, 7) is 3.91. The average Bonchev–Trinajstić information content (AvgIpc) is 3.69. The van der Waals surface area contributed by atoms with Gasteiger partial charge < -0.3 is 41.0 Å². The molecule has 4 heterocycles. The van der Waals surface area contributed by atoms with E-state index in [0.29, 0.717) is 0 Å². The number of benzene rings is 2. The van der Waals surface area contributed by atoms with Gasteiger partial charge in [-0.2, -0.15) is 35.1 Å². The first-order valence-electron chi connectivity index (χ1n) is 19.2. The Labute approximate surface area is 367 Å². The van der Waals surface area contributed by atoms with Gasteiger partial charge in [0.25, 0.3) is 23.6 Å². The van der Waals surface area contributed by atoms with Crippen LogP contribution in [0.4, 0.5) is 55.5 Å². The molecule has 2 aromatic carbocycles. The molecule has 4 aromatic rings. The van der Waals surface area contributed by atoms with Crippen LogP contribution in [0, 0.1) is 35.1 Å². The minimum atomic E-state index is -4.91. The number of ether oxygens (including phenoxy) is 4. The molecular formula is C41H39F10N7O8. The molecule has 25 heteroatoms. The van der Waals surface area contributed by atoms with E-state index < -0.39 is 118 Å². The van der Waals surface area contributed by atoms with Crippen LogP contribution >= 0.6 is 0 Å². The van der Waals surface area contributed by atoms with Crippen LogP contribution in [0.25, 0.3) is 0 Å². The highest BCUT2D eigenvalue weighted by Gasteiger charge is 2.67. The Morgan fingerprint density at radius 2 is 1.05 bits per heavy atom. The normalized spacial score (nSPS) is 25.0. The van der Waals surface area contributed by atoms with Crippen LogP contribution in [-0.4, -0.2) is 88.6 Å². The van der Waals surface area contributed by atoms with Gasteiger partial charge in [-0.1, -0.05) is 32.0 Å². The maximum atomic E-state index is 14.3. The fourth-order valence-corrected chi connectivity index (χ4v) is 7.66. The lowest BCUT2D eigenvalue weighted by Crippen LogP contribution is -2.47. The van der Waals surface area contributed by atoms with Gasteiger partial charge in [0.05, 0.1) is 26.6 Å². The topological polar surface area (TPSA) is 220 Å². The van der Waals surface area contributed by atoms with Crippen molar-refractivity contribution in [2.75, 3.05) is 24.9 Å². The number of carbonyl (C=O) groups is 4. The molecule has 15 nitrogen and oxygen atoms in total. The van der Waals surface area contributed by atoms with Crippen LogP contribution in [0.15, 0.2) is 54.9 Å². The highest BCUT2D eigenvalue weighted by molar-refractivity contribution is 5.97. The minimum Gasteiger partial charge on any atom is -0.493 e. The van der Waals surface area contributed by atoms with Gasteiger partial charge in [0, 0.05) is 34.8 Å². The number of aromatic nitrogens is 3. The van der Waals surface area contributed by atoms with E-state index in [4.69, 9.17) is 30.4 Å². The van der Waals surface area contributed by atoms with Crippen molar-refractivity contribution in [2.45, 2.75) is 75.3 Å². The molecule has 356 valence electrons. The van der Waals surface area contributed by atoms with Crippen LogP contribution in [0.1, 0.15) is 71.6 Å². The van der Waals surface area contributed by atoms with Crippen LogP contribution in [0.3, 0.4) is 0 Å². The molecule has 2 aliphatic rings. The number of nitrogens with one attached hydrogen (secondary N) is 2. The fraction of sp³-hybridized carbons (Fsp3) is 0.390. The number of anilines is 2. The molecule has 8 atom stereocenters. The second-order valence-electron chi connectivity index (χ2n) is 15.3. The van der Waals surface area contributed by atoms with Gasteiger partial charge in [-0.05, 0) is 38.1 Å². The van der Waals surface area contributed by atoms with Crippen molar-refractivity contribution in [3.63, 3.8) is 0 Å². The SMILES string of the molecule is COc1c([C@H]2[C@H](C(=O)Nc3cccc(C(N)=O)n3)O[C@@](C)(C(F)(F)F)[C@H]2C)ccc(F)c1F.COc1c([C@H]2[C@H](C(=O)Nc3cncc(C(N)=O)n3)O[C@@](C)(C(F)(F)F)[C@H]2C)ccc(F)c1F. The van der Waals surface area contributed by atoms with E-state index >= 15 is 0 Å². The zero-order valence-electron chi connectivity index (χ0n) is 35.2. The predicted molar refractivity (Wildman–Crippen MR) is 209 cm³/mol. The minimum absolute atomic E-state index is 0.163. The molecule has 2 aromatic heterocycles. The Balaban J connectivity index is 0.000000247. The highest BCUT2D eigenvalue weighted by atomic mass is 19.4. The highest BCUT2D eigenvalue weighted by Crippen LogP contribution is 2.56. The van der Waals surface area contributed by atoms with Crippen molar-refractivity contribution in [2.24, 2.45) is 23.3 Å². The summed E-state index contributed by atoms with van der Waals surface area (Å²) in [5.74, 6) is -16.6. The summed E-state index contributed by atoms with van der Waals surface area (Å²) in [6, 6.07) is 7.47. The van der Waals surface area contributed by atoms with Crippen LogP contribution in [-0.2, 0) is 19.1 Å². The number of rotatable bonds is 10. The number of amides is 4. The Kier molecular flexibility index (Phi) is 14.3. The van der Waals surface area contributed by atoms with Gasteiger partial charge in [-0.3, -0.25) is 24.2 Å². The number of halogens is 10. The quantitative estimate of drug-likeness (QED) is 0.126. The maximum absolute atomic E-state index is 14.3. The van der Waals surface area contributed by atoms with Crippen molar-refractivity contribution in [1.29, 1.82) is 0 Å². The third kappa shape index (κ3) is 9.39. The molecule has 2 aliphatic heterocycles. The van der Waals surface area contributed by atoms with Crippen molar-refractivity contribution >= 4 is 35.3 Å². The van der Waals surface area contributed by atoms with Crippen LogP contribution < -0.4 is 31.6 Å². The molecule has 4 amide bonds. The van der Waals surface area contributed by atoms with Crippen molar-refractivity contribution in [1.82, 2.24) is 15.0 Å². The molecule has 0 radical (unpaired) electrons. The van der Waals surface area contributed by atoms with Gasteiger partial charge in [0.2, 0.25) is 11.6 Å². The van der Waals surface area contributed by atoms with E-state index in [9.17, 15) is 63.1 Å². The number of nitrogens with zero attached hydrogens (tertiary/aromatic N) is 3. The second-order valence-corrected chi connectivity index (χ2v) is 15.3. The molecule has 6 N–H and O–H groups in total. The first-order chi connectivity index (χ1) is 30.6. The summed E-state index contributed by atoms with van der Waals surface area (Å²) in [4.78, 5) is 59.9. The molecule has 66 heavy (non-hydrogen) atoms. The second kappa shape index (κ2) is 18.7. The molecular weight excluding hydrogens is 908 g/mol. The van der Waals surface area contributed by atoms with Gasteiger partial charge >= 0.3 is 12.4 Å². The summed E-state index contributed by atoms with van der Waals surface area (Å²) in [6.07, 6.45) is -11.3.